The van der Waals surface area contributed by atoms with Crippen LogP contribution in [0.5, 0.6) is 0 Å². The fourth-order valence-corrected chi connectivity index (χ4v) is 2.04. The second-order valence-corrected chi connectivity index (χ2v) is 4.89. The van der Waals surface area contributed by atoms with E-state index in [1.165, 1.54) is 11.3 Å². The minimum absolute atomic E-state index is 0.439. The van der Waals surface area contributed by atoms with E-state index >= 15 is 0 Å². The van der Waals surface area contributed by atoms with Gasteiger partial charge in [0.2, 0.25) is 0 Å². The molecule has 0 fully saturated rings. The van der Waals surface area contributed by atoms with Crippen LogP contribution in [0.3, 0.4) is 0 Å². The zero-order valence-electron chi connectivity index (χ0n) is 8.14. The highest BCUT2D eigenvalue weighted by Crippen LogP contribution is 2.22. The lowest BCUT2D eigenvalue weighted by atomic mass is 10.5. The molecule has 2 aromatic rings. The van der Waals surface area contributed by atoms with Gasteiger partial charge in [0.05, 0.1) is 5.75 Å². The van der Waals surface area contributed by atoms with Crippen LogP contribution in [-0.2, 0) is 5.75 Å². The fraction of sp³-hybridized carbons (Fsp3) is 0.375. The summed E-state index contributed by atoms with van der Waals surface area (Å²) in [4.78, 5) is 8.29. The second-order valence-electron chi connectivity index (χ2n) is 2.72. The molecule has 0 saturated heterocycles. The minimum Gasteiger partial charge on any atom is -0.375 e. The molecule has 0 aliphatic rings. The average Bonchev–Trinajstić information content (AvgIpc) is 2.83. The molecule has 80 valence electrons. The van der Waals surface area contributed by atoms with Gasteiger partial charge in [-0.3, -0.25) is 0 Å². The van der Waals surface area contributed by atoms with E-state index in [-0.39, 0.29) is 0 Å². The summed E-state index contributed by atoms with van der Waals surface area (Å²) in [7, 11) is 0. The molecule has 2 N–H and O–H groups in total. The molecule has 0 atom stereocenters. The van der Waals surface area contributed by atoms with Gasteiger partial charge in [0.1, 0.15) is 5.69 Å². The molecule has 0 unspecified atom stereocenters. The van der Waals surface area contributed by atoms with E-state index in [1.54, 1.807) is 17.1 Å². The summed E-state index contributed by atoms with van der Waals surface area (Å²) >= 11 is 3.11. The Balaban J connectivity index is 2.13. The average molecular weight is 242 g/mol. The van der Waals surface area contributed by atoms with Gasteiger partial charge >= 0.3 is 0 Å². The fourth-order valence-electron chi connectivity index (χ4n) is 0.996. The molecule has 0 aliphatic heterocycles. The molecule has 0 aromatic carbocycles. The van der Waals surface area contributed by atoms with Crippen LogP contribution in [0.1, 0.15) is 12.7 Å². The molecule has 0 radical (unpaired) electrons. The molecule has 15 heavy (non-hydrogen) atoms. The van der Waals surface area contributed by atoms with Gasteiger partial charge in [0, 0.05) is 5.38 Å². The normalized spacial score (nSPS) is 10.7. The van der Waals surface area contributed by atoms with E-state index in [4.69, 9.17) is 10.3 Å². The Hall–Kier alpha value is -1.08. The maximum Gasteiger partial charge on any atom is 0.277 e. The van der Waals surface area contributed by atoms with Crippen LogP contribution in [0.25, 0.3) is 11.6 Å². The first kappa shape index (κ1) is 10.4. The number of anilines is 1. The van der Waals surface area contributed by atoms with Crippen molar-refractivity contribution in [2.45, 2.75) is 12.7 Å². The number of rotatable bonds is 4. The van der Waals surface area contributed by atoms with Crippen molar-refractivity contribution in [3.8, 4) is 11.6 Å². The summed E-state index contributed by atoms with van der Waals surface area (Å²) in [6.45, 7) is 2.09. The van der Waals surface area contributed by atoms with Gasteiger partial charge in [-0.2, -0.15) is 16.7 Å². The molecular weight excluding hydrogens is 232 g/mol. The number of hydrogen-bond donors (Lipinski definition) is 1. The smallest absolute Gasteiger partial charge is 0.277 e. The lowest BCUT2D eigenvalue weighted by molar-refractivity contribution is 0.424. The number of nitrogens with zero attached hydrogens (tertiary/aromatic N) is 3. The molecule has 2 heterocycles. The lowest BCUT2D eigenvalue weighted by Gasteiger charge is -1.88. The quantitative estimate of drug-likeness (QED) is 0.883. The Morgan fingerprint density at radius 2 is 2.40 bits per heavy atom. The van der Waals surface area contributed by atoms with Crippen molar-refractivity contribution < 1.29 is 4.52 Å². The number of aromatic nitrogens is 3. The molecular formula is C8H10N4OS2. The Morgan fingerprint density at radius 3 is 3.07 bits per heavy atom. The Kier molecular flexibility index (Phi) is 3.22. The zero-order chi connectivity index (χ0) is 10.7. The third-order valence-corrected chi connectivity index (χ3v) is 3.19. The van der Waals surface area contributed by atoms with Crippen molar-refractivity contribution in [2.75, 3.05) is 11.5 Å². The number of thiazole rings is 1. The highest BCUT2D eigenvalue weighted by molar-refractivity contribution is 7.98. The molecule has 0 spiro atoms. The standard InChI is InChI=1S/C8H10N4OS2/c1-2-14-4-6-11-7(13-12-6)5-3-15-8(9)10-5/h3H,2,4H2,1H3,(H2,9,10). The van der Waals surface area contributed by atoms with Gasteiger partial charge < -0.3 is 10.3 Å². The van der Waals surface area contributed by atoms with E-state index in [0.29, 0.717) is 22.5 Å². The highest BCUT2D eigenvalue weighted by Gasteiger charge is 2.11. The largest absolute Gasteiger partial charge is 0.375 e. The highest BCUT2D eigenvalue weighted by atomic mass is 32.2. The summed E-state index contributed by atoms with van der Waals surface area (Å²) in [5.41, 5.74) is 6.17. The third-order valence-electron chi connectivity index (χ3n) is 1.64. The summed E-state index contributed by atoms with van der Waals surface area (Å²) < 4.78 is 5.08. The maximum atomic E-state index is 5.52. The van der Waals surface area contributed by atoms with Gasteiger partial charge in [-0.1, -0.05) is 12.1 Å². The zero-order valence-corrected chi connectivity index (χ0v) is 9.77. The van der Waals surface area contributed by atoms with E-state index < -0.39 is 0 Å². The van der Waals surface area contributed by atoms with Crippen LogP contribution < -0.4 is 5.73 Å². The van der Waals surface area contributed by atoms with Gasteiger partial charge in [0.15, 0.2) is 11.0 Å². The second kappa shape index (κ2) is 4.63. The number of hydrogen-bond acceptors (Lipinski definition) is 7. The molecule has 5 nitrogen and oxygen atoms in total. The monoisotopic (exact) mass is 242 g/mol. The first-order chi connectivity index (χ1) is 7.29. The van der Waals surface area contributed by atoms with Crippen molar-refractivity contribution in [2.24, 2.45) is 0 Å². The topological polar surface area (TPSA) is 77.8 Å². The molecule has 0 saturated carbocycles. The number of nitrogens with two attached hydrogens (primary N) is 1. The molecule has 7 heteroatoms. The summed E-state index contributed by atoms with van der Waals surface area (Å²) in [6, 6.07) is 0. The van der Waals surface area contributed by atoms with Crippen LogP contribution >= 0.6 is 23.1 Å². The van der Waals surface area contributed by atoms with Crippen LogP contribution in [-0.4, -0.2) is 20.9 Å². The molecule has 0 amide bonds. The molecule has 0 aliphatic carbocycles. The molecule has 2 rings (SSSR count). The van der Waals surface area contributed by atoms with Crippen molar-refractivity contribution in [3.05, 3.63) is 11.2 Å². The van der Waals surface area contributed by atoms with Crippen molar-refractivity contribution in [1.82, 2.24) is 15.1 Å². The Labute approximate surface area is 95.1 Å². The molecule has 0 bridgehead atoms. The van der Waals surface area contributed by atoms with E-state index in [0.717, 1.165) is 11.5 Å². The lowest BCUT2D eigenvalue weighted by Crippen LogP contribution is -1.85. The van der Waals surface area contributed by atoms with Gasteiger partial charge in [0.25, 0.3) is 5.89 Å². The van der Waals surface area contributed by atoms with Crippen LogP contribution in [0, 0.1) is 0 Å². The maximum absolute atomic E-state index is 5.52. The predicted molar refractivity (Wildman–Crippen MR) is 61.7 cm³/mol. The molecule has 2 aromatic heterocycles. The summed E-state index contributed by atoms with van der Waals surface area (Å²) in [5, 5.41) is 6.17. The first-order valence-corrected chi connectivity index (χ1v) is 6.44. The SMILES string of the molecule is CCSCc1noc(-c2csc(N)n2)n1. The predicted octanol–water partition coefficient (Wildman–Crippen LogP) is 2.03. The third kappa shape index (κ3) is 2.48. The summed E-state index contributed by atoms with van der Waals surface area (Å²) in [6.07, 6.45) is 0. The first-order valence-electron chi connectivity index (χ1n) is 4.41. The number of thioether (sulfide) groups is 1. The van der Waals surface area contributed by atoms with Crippen molar-refractivity contribution >= 4 is 28.2 Å². The van der Waals surface area contributed by atoms with E-state index in [9.17, 15) is 0 Å². The van der Waals surface area contributed by atoms with E-state index in [2.05, 4.69) is 22.0 Å². The van der Waals surface area contributed by atoms with Crippen LogP contribution in [0.4, 0.5) is 5.13 Å². The summed E-state index contributed by atoms with van der Waals surface area (Å²) in [5.74, 6) is 2.94. The Bertz CT molecular complexity index is 439. The van der Waals surface area contributed by atoms with E-state index in [1.807, 2.05) is 0 Å². The van der Waals surface area contributed by atoms with Gasteiger partial charge in [-0.15, -0.1) is 11.3 Å². The van der Waals surface area contributed by atoms with Crippen molar-refractivity contribution in [3.63, 3.8) is 0 Å². The van der Waals surface area contributed by atoms with Gasteiger partial charge in [-0.05, 0) is 5.75 Å². The van der Waals surface area contributed by atoms with Crippen molar-refractivity contribution in [1.29, 1.82) is 0 Å². The number of nitrogen functional groups attached to an aromatic ring is 1. The Morgan fingerprint density at radius 1 is 1.53 bits per heavy atom. The van der Waals surface area contributed by atoms with Crippen LogP contribution in [0.15, 0.2) is 9.90 Å². The van der Waals surface area contributed by atoms with Gasteiger partial charge in [-0.25, -0.2) is 4.98 Å². The van der Waals surface area contributed by atoms with Crippen LogP contribution in [0.2, 0.25) is 0 Å². The minimum atomic E-state index is 0.439.